The Labute approximate surface area is 266 Å². The van der Waals surface area contributed by atoms with Crippen molar-refractivity contribution in [2.24, 2.45) is 13.0 Å². The molecule has 1 aliphatic rings. The van der Waals surface area contributed by atoms with E-state index in [0.717, 1.165) is 16.5 Å². The van der Waals surface area contributed by atoms with E-state index in [-0.39, 0.29) is 30.1 Å². The molecule has 5 aromatic rings. The maximum atomic E-state index is 14.0. The van der Waals surface area contributed by atoms with E-state index in [1.54, 1.807) is 32.7 Å². The van der Waals surface area contributed by atoms with Crippen molar-refractivity contribution in [3.8, 4) is 0 Å². The molecule has 0 bridgehead atoms. The SMILES string of the molecule is Cc1nc2n(n1)CCN(C(=O)c1ccnc3c1ncn3C)CCCC(=O)N[C@H](Cc1c[nH]c3ccccc13)C(=O)N[C@H]2CC(C)C. The molecule has 4 aromatic heterocycles. The lowest BCUT2D eigenvalue weighted by Gasteiger charge is -2.27. The fraction of sp³-hybridized carbons (Fsp3) is 0.424. The van der Waals surface area contributed by atoms with Gasteiger partial charge in [-0.15, -0.1) is 0 Å². The number of nitrogens with zero attached hydrogens (tertiary/aromatic N) is 7. The summed E-state index contributed by atoms with van der Waals surface area (Å²) in [4.78, 5) is 59.8. The number of nitrogens with one attached hydrogen (secondary N) is 3. The van der Waals surface area contributed by atoms with E-state index in [4.69, 9.17) is 4.98 Å². The number of aromatic nitrogens is 7. The van der Waals surface area contributed by atoms with Crippen LogP contribution in [-0.2, 0) is 29.6 Å². The van der Waals surface area contributed by atoms with Crippen LogP contribution in [0.25, 0.3) is 22.1 Å². The van der Waals surface area contributed by atoms with Crippen molar-refractivity contribution in [3.05, 3.63) is 71.8 Å². The molecular weight excluding hydrogens is 584 g/mol. The molecule has 0 spiro atoms. The number of benzene rings is 1. The number of hydrogen-bond acceptors (Lipinski definition) is 7. The average molecular weight is 625 g/mol. The molecule has 240 valence electrons. The summed E-state index contributed by atoms with van der Waals surface area (Å²) in [5, 5.41) is 11.9. The first kappa shape index (κ1) is 30.9. The van der Waals surface area contributed by atoms with E-state index in [2.05, 4.69) is 44.5 Å². The second kappa shape index (κ2) is 13.1. The Morgan fingerprint density at radius 2 is 1.87 bits per heavy atom. The van der Waals surface area contributed by atoms with Crippen molar-refractivity contribution < 1.29 is 14.4 Å². The van der Waals surface area contributed by atoms with Gasteiger partial charge in [-0.1, -0.05) is 32.0 Å². The molecule has 3 N–H and O–H groups in total. The van der Waals surface area contributed by atoms with Crippen LogP contribution in [0.2, 0.25) is 0 Å². The Hall–Kier alpha value is -5.07. The quantitative estimate of drug-likeness (QED) is 0.271. The number of imidazole rings is 1. The van der Waals surface area contributed by atoms with Gasteiger partial charge in [-0.3, -0.25) is 14.4 Å². The molecule has 0 aliphatic carbocycles. The van der Waals surface area contributed by atoms with Crippen molar-refractivity contribution in [1.82, 2.24) is 49.8 Å². The summed E-state index contributed by atoms with van der Waals surface area (Å²) in [5.41, 5.74) is 3.51. The zero-order valence-electron chi connectivity index (χ0n) is 26.7. The fourth-order valence-electron chi connectivity index (χ4n) is 6.19. The number of aryl methyl sites for hydroxylation is 2. The number of pyridine rings is 1. The van der Waals surface area contributed by atoms with Gasteiger partial charge in [0.15, 0.2) is 5.65 Å². The molecule has 0 unspecified atom stereocenters. The van der Waals surface area contributed by atoms with E-state index in [1.165, 1.54) is 0 Å². The monoisotopic (exact) mass is 624 g/mol. The Balaban J connectivity index is 1.33. The van der Waals surface area contributed by atoms with Crippen LogP contribution >= 0.6 is 0 Å². The zero-order chi connectivity index (χ0) is 32.4. The highest BCUT2D eigenvalue weighted by Gasteiger charge is 2.30. The average Bonchev–Trinajstić information content (AvgIpc) is 3.73. The first-order chi connectivity index (χ1) is 22.2. The van der Waals surface area contributed by atoms with Crippen LogP contribution in [-0.4, -0.2) is 76.0 Å². The first-order valence-electron chi connectivity index (χ1n) is 15.8. The highest BCUT2D eigenvalue weighted by atomic mass is 16.2. The standard InChI is InChI=1S/C33H40N10O3/c1-20(2)16-26-30-37-21(3)40-43(30)15-14-42(33(46)24-11-12-34-31-29(24)36-19-41(31)4)13-7-10-28(44)38-27(32(45)39-26)17-22-18-35-25-9-6-5-8-23(22)25/h5-6,8-9,11-12,18-20,26-27,35H,7,10,13-17H2,1-4H3,(H,38,44)(H,39,45)/t26-,27+/m0/s1. The molecule has 5 heterocycles. The van der Waals surface area contributed by atoms with E-state index in [9.17, 15) is 14.4 Å². The number of H-pyrrole nitrogens is 1. The first-order valence-corrected chi connectivity index (χ1v) is 15.8. The molecule has 0 saturated carbocycles. The Kier molecular flexibility index (Phi) is 8.82. The van der Waals surface area contributed by atoms with Gasteiger partial charge in [0.25, 0.3) is 5.91 Å². The van der Waals surface area contributed by atoms with Crippen molar-refractivity contribution in [1.29, 1.82) is 0 Å². The second-order valence-corrected chi connectivity index (χ2v) is 12.4. The summed E-state index contributed by atoms with van der Waals surface area (Å²) in [6, 6.07) is 8.32. The van der Waals surface area contributed by atoms with Crippen molar-refractivity contribution in [2.45, 2.75) is 65.1 Å². The lowest BCUT2D eigenvalue weighted by molar-refractivity contribution is -0.129. The number of hydrogen-bond donors (Lipinski definition) is 3. The number of amides is 3. The van der Waals surface area contributed by atoms with Crippen LogP contribution in [0.15, 0.2) is 49.1 Å². The summed E-state index contributed by atoms with van der Waals surface area (Å²) in [7, 11) is 1.84. The molecule has 0 fully saturated rings. The minimum Gasteiger partial charge on any atom is -0.361 e. The highest BCUT2D eigenvalue weighted by molar-refractivity contribution is 6.04. The Morgan fingerprint density at radius 1 is 1.04 bits per heavy atom. The van der Waals surface area contributed by atoms with E-state index in [1.807, 2.05) is 44.4 Å². The van der Waals surface area contributed by atoms with Gasteiger partial charge in [0.2, 0.25) is 11.8 Å². The largest absolute Gasteiger partial charge is 0.361 e. The minimum absolute atomic E-state index is 0.153. The maximum absolute atomic E-state index is 14.0. The number of para-hydroxylation sites is 1. The van der Waals surface area contributed by atoms with Crippen LogP contribution in [0.1, 0.15) is 66.7 Å². The van der Waals surface area contributed by atoms with Crippen LogP contribution < -0.4 is 10.6 Å². The summed E-state index contributed by atoms with van der Waals surface area (Å²) in [6.07, 6.45) is 6.64. The fourth-order valence-corrected chi connectivity index (χ4v) is 6.19. The van der Waals surface area contributed by atoms with E-state index >= 15 is 0 Å². The summed E-state index contributed by atoms with van der Waals surface area (Å²) >= 11 is 0. The van der Waals surface area contributed by atoms with Crippen molar-refractivity contribution >= 4 is 39.8 Å². The van der Waals surface area contributed by atoms with Gasteiger partial charge in [-0.05, 0) is 43.4 Å². The molecule has 3 amide bonds. The topological polar surface area (TPSA) is 156 Å². The lowest BCUT2D eigenvalue weighted by Crippen LogP contribution is -2.49. The van der Waals surface area contributed by atoms with Crippen LogP contribution in [0.4, 0.5) is 0 Å². The summed E-state index contributed by atoms with van der Waals surface area (Å²) in [5.74, 6) is 0.718. The Bertz CT molecular complexity index is 1890. The molecule has 0 radical (unpaired) electrons. The lowest BCUT2D eigenvalue weighted by atomic mass is 10.0. The van der Waals surface area contributed by atoms with Gasteiger partial charge in [0.05, 0.1) is 24.5 Å². The number of carbonyl (C=O) groups excluding carboxylic acids is 3. The van der Waals surface area contributed by atoms with Gasteiger partial charge in [-0.25, -0.2) is 19.6 Å². The van der Waals surface area contributed by atoms with Crippen LogP contribution in [0.5, 0.6) is 0 Å². The van der Waals surface area contributed by atoms with E-state index in [0.29, 0.717) is 67.3 Å². The molecular formula is C33H40N10O3. The molecule has 46 heavy (non-hydrogen) atoms. The molecule has 13 heteroatoms. The summed E-state index contributed by atoms with van der Waals surface area (Å²) in [6.45, 7) is 7.03. The zero-order valence-corrected chi connectivity index (χ0v) is 26.7. The third-order valence-corrected chi connectivity index (χ3v) is 8.42. The second-order valence-electron chi connectivity index (χ2n) is 12.4. The number of aromatic amines is 1. The molecule has 1 aliphatic heterocycles. The van der Waals surface area contributed by atoms with Gasteiger partial charge in [0.1, 0.15) is 23.2 Å². The van der Waals surface area contributed by atoms with Gasteiger partial charge >= 0.3 is 0 Å². The molecule has 1 aromatic carbocycles. The van der Waals surface area contributed by atoms with Gasteiger partial charge < -0.3 is 25.1 Å². The molecule has 2 atom stereocenters. The Morgan fingerprint density at radius 3 is 2.70 bits per heavy atom. The normalized spacial score (nSPS) is 18.4. The van der Waals surface area contributed by atoms with Crippen molar-refractivity contribution in [3.63, 3.8) is 0 Å². The van der Waals surface area contributed by atoms with Crippen LogP contribution in [0, 0.1) is 12.8 Å². The van der Waals surface area contributed by atoms with Crippen LogP contribution in [0.3, 0.4) is 0 Å². The predicted molar refractivity (Wildman–Crippen MR) is 173 cm³/mol. The minimum atomic E-state index is -0.811. The third kappa shape index (κ3) is 6.49. The molecule has 13 nitrogen and oxygen atoms in total. The van der Waals surface area contributed by atoms with Gasteiger partial charge in [-0.2, -0.15) is 5.10 Å². The number of fused-ring (bicyclic) bond motifs is 3. The van der Waals surface area contributed by atoms with Crippen molar-refractivity contribution in [2.75, 3.05) is 13.1 Å². The van der Waals surface area contributed by atoms with Gasteiger partial charge in [0, 0.05) is 56.3 Å². The molecule has 0 saturated heterocycles. The molecule has 6 rings (SSSR count). The maximum Gasteiger partial charge on any atom is 0.256 e. The number of carbonyl (C=O) groups is 3. The highest BCUT2D eigenvalue weighted by Crippen LogP contribution is 2.24. The smallest absolute Gasteiger partial charge is 0.256 e. The summed E-state index contributed by atoms with van der Waals surface area (Å²) < 4.78 is 3.57. The third-order valence-electron chi connectivity index (χ3n) is 8.42. The predicted octanol–water partition coefficient (Wildman–Crippen LogP) is 3.22. The number of rotatable bonds is 5. The van der Waals surface area contributed by atoms with E-state index < -0.39 is 12.1 Å².